The van der Waals surface area contributed by atoms with Crippen molar-refractivity contribution >= 4 is 0 Å². The van der Waals surface area contributed by atoms with E-state index in [0.717, 1.165) is 18.3 Å². The molecule has 2 aromatic carbocycles. The molecule has 0 saturated heterocycles. The minimum atomic E-state index is 0.829. The lowest BCUT2D eigenvalue weighted by molar-refractivity contribution is 0.538. The lowest BCUT2D eigenvalue weighted by Gasteiger charge is -2.09. The van der Waals surface area contributed by atoms with Crippen molar-refractivity contribution in [2.24, 2.45) is 11.8 Å². The van der Waals surface area contributed by atoms with Gasteiger partial charge in [0.05, 0.1) is 0 Å². The third kappa shape index (κ3) is 5.71. The van der Waals surface area contributed by atoms with E-state index >= 15 is 0 Å². The van der Waals surface area contributed by atoms with Crippen LogP contribution in [0.4, 0.5) is 0 Å². The highest BCUT2D eigenvalue weighted by Gasteiger charge is 2.19. The Balaban J connectivity index is 1.64. The third-order valence-corrected chi connectivity index (χ3v) is 6.01. The normalized spacial score (nSPS) is 12.7. The first kappa shape index (κ1) is 20.2. The average molecular weight is 363 g/mol. The summed E-state index contributed by atoms with van der Waals surface area (Å²) in [6, 6.07) is 14.5. The Bertz CT molecular complexity index is 672. The molecule has 1 aliphatic carbocycles. The molecule has 0 amide bonds. The maximum absolute atomic E-state index is 2.49. The van der Waals surface area contributed by atoms with E-state index in [2.05, 4.69) is 64.1 Å². The van der Waals surface area contributed by atoms with Crippen molar-refractivity contribution in [3.63, 3.8) is 0 Å². The first-order chi connectivity index (χ1) is 13.0. The van der Waals surface area contributed by atoms with Crippen LogP contribution in [0.5, 0.6) is 0 Å². The summed E-state index contributed by atoms with van der Waals surface area (Å²) in [6.45, 7) is 9.30. The van der Waals surface area contributed by atoms with Gasteiger partial charge in [-0.1, -0.05) is 89.8 Å². The second kappa shape index (κ2) is 9.58. The van der Waals surface area contributed by atoms with Gasteiger partial charge < -0.3 is 0 Å². The van der Waals surface area contributed by atoms with Crippen LogP contribution in [0.2, 0.25) is 0 Å². The number of benzene rings is 2. The Labute approximate surface area is 167 Å². The van der Waals surface area contributed by atoms with Crippen LogP contribution in [0.3, 0.4) is 0 Å². The molecule has 0 spiro atoms. The first-order valence-corrected chi connectivity index (χ1v) is 11.3. The molecule has 0 aliphatic heterocycles. The molecule has 1 aliphatic rings. The van der Waals surface area contributed by atoms with Gasteiger partial charge >= 0.3 is 0 Å². The molecule has 27 heavy (non-hydrogen) atoms. The van der Waals surface area contributed by atoms with Gasteiger partial charge in [-0.25, -0.2) is 0 Å². The molecule has 0 heteroatoms. The summed E-state index contributed by atoms with van der Waals surface area (Å²) in [5.41, 5.74) is 9.10. The Morgan fingerprint density at radius 3 is 1.48 bits per heavy atom. The molecule has 146 valence electrons. The van der Waals surface area contributed by atoms with E-state index in [-0.39, 0.29) is 0 Å². The van der Waals surface area contributed by atoms with Gasteiger partial charge in [0, 0.05) is 0 Å². The van der Waals surface area contributed by atoms with Crippen molar-refractivity contribution in [2.45, 2.75) is 85.5 Å². The van der Waals surface area contributed by atoms with Crippen molar-refractivity contribution in [3.05, 3.63) is 58.7 Å². The van der Waals surface area contributed by atoms with E-state index in [0.29, 0.717) is 0 Å². The van der Waals surface area contributed by atoms with E-state index in [4.69, 9.17) is 0 Å². The number of hydrogen-bond donors (Lipinski definition) is 0. The molecule has 2 aromatic rings. The van der Waals surface area contributed by atoms with E-state index < -0.39 is 0 Å². The Morgan fingerprint density at radius 2 is 1.07 bits per heavy atom. The van der Waals surface area contributed by atoms with Crippen molar-refractivity contribution < 1.29 is 0 Å². The van der Waals surface area contributed by atoms with E-state index in [1.807, 2.05) is 0 Å². The van der Waals surface area contributed by atoms with Crippen LogP contribution in [-0.4, -0.2) is 0 Å². The highest BCUT2D eigenvalue weighted by atomic mass is 14.2. The molecule has 0 radical (unpaired) electrons. The molecular formula is C27H38. The molecular weight excluding hydrogens is 324 g/mol. The monoisotopic (exact) mass is 362 g/mol. The van der Waals surface area contributed by atoms with Gasteiger partial charge in [-0.3, -0.25) is 0 Å². The van der Waals surface area contributed by atoms with Crippen LogP contribution in [0.25, 0.3) is 11.1 Å². The summed E-state index contributed by atoms with van der Waals surface area (Å²) in [5.74, 6) is 1.66. The van der Waals surface area contributed by atoms with Gasteiger partial charge in [0.25, 0.3) is 0 Å². The predicted octanol–water partition coefficient (Wildman–Crippen LogP) is 8.00. The van der Waals surface area contributed by atoms with Crippen LogP contribution in [0.15, 0.2) is 36.4 Å². The van der Waals surface area contributed by atoms with Crippen LogP contribution in [0.1, 0.15) is 88.5 Å². The molecule has 0 saturated carbocycles. The molecule has 0 bridgehead atoms. The predicted molar refractivity (Wildman–Crippen MR) is 119 cm³/mol. The second-order valence-electron chi connectivity index (χ2n) is 9.44. The fourth-order valence-electron chi connectivity index (χ4n) is 4.34. The summed E-state index contributed by atoms with van der Waals surface area (Å²) in [5, 5.41) is 0. The maximum atomic E-state index is 2.49. The average Bonchev–Trinajstić information content (AvgIpc) is 2.99. The van der Waals surface area contributed by atoms with Gasteiger partial charge in [0.1, 0.15) is 0 Å². The van der Waals surface area contributed by atoms with Crippen LogP contribution in [-0.2, 0) is 19.3 Å². The van der Waals surface area contributed by atoms with Gasteiger partial charge in [-0.2, -0.15) is 0 Å². The standard InChI is InChI=1S/C27H38/c1-20(2)9-5-7-11-22-13-15-24-19-25-16-14-23(12-8-6-10-21(3)4)18-27(25)26(24)17-22/h13-18,20-21H,5-12,19H2,1-4H3. The smallest absolute Gasteiger partial charge is 0.00134 e. The van der Waals surface area contributed by atoms with Crippen LogP contribution < -0.4 is 0 Å². The van der Waals surface area contributed by atoms with Gasteiger partial charge in [-0.15, -0.1) is 0 Å². The Kier molecular flexibility index (Phi) is 7.16. The van der Waals surface area contributed by atoms with Gasteiger partial charge in [-0.05, 0) is 77.3 Å². The Morgan fingerprint density at radius 1 is 0.630 bits per heavy atom. The summed E-state index contributed by atoms with van der Waals surface area (Å²) in [6.07, 6.45) is 11.6. The Hall–Kier alpha value is -1.56. The molecule has 0 atom stereocenters. The molecule has 0 unspecified atom stereocenters. The minimum absolute atomic E-state index is 0.829. The van der Waals surface area contributed by atoms with Crippen LogP contribution in [0, 0.1) is 11.8 Å². The van der Waals surface area contributed by atoms with Gasteiger partial charge in [0.15, 0.2) is 0 Å². The van der Waals surface area contributed by atoms with Crippen LogP contribution >= 0.6 is 0 Å². The summed E-state index contributed by atoms with van der Waals surface area (Å²) in [4.78, 5) is 0. The quantitative estimate of drug-likeness (QED) is 0.320. The summed E-state index contributed by atoms with van der Waals surface area (Å²) >= 11 is 0. The fourth-order valence-corrected chi connectivity index (χ4v) is 4.34. The largest absolute Gasteiger partial charge is 0.0628 e. The highest BCUT2D eigenvalue weighted by Crippen LogP contribution is 2.38. The molecule has 0 N–H and O–H groups in total. The van der Waals surface area contributed by atoms with Gasteiger partial charge in [0.2, 0.25) is 0 Å². The number of unbranched alkanes of at least 4 members (excludes halogenated alkanes) is 2. The van der Waals surface area contributed by atoms with E-state index in [1.165, 1.54) is 84.7 Å². The number of fused-ring (bicyclic) bond motifs is 3. The van der Waals surface area contributed by atoms with Crippen molar-refractivity contribution in [1.82, 2.24) is 0 Å². The zero-order chi connectivity index (χ0) is 19.2. The van der Waals surface area contributed by atoms with Crippen molar-refractivity contribution in [3.8, 4) is 11.1 Å². The summed E-state index contributed by atoms with van der Waals surface area (Å²) in [7, 11) is 0. The summed E-state index contributed by atoms with van der Waals surface area (Å²) < 4.78 is 0. The molecule has 0 heterocycles. The third-order valence-electron chi connectivity index (χ3n) is 6.01. The fraction of sp³-hybridized carbons (Fsp3) is 0.556. The SMILES string of the molecule is CC(C)CCCCc1ccc2c(c1)-c1cc(CCCCC(C)C)ccc1C2. The lowest BCUT2D eigenvalue weighted by Crippen LogP contribution is -1.92. The van der Waals surface area contributed by atoms with E-state index in [9.17, 15) is 0 Å². The molecule has 0 aromatic heterocycles. The number of hydrogen-bond acceptors (Lipinski definition) is 0. The minimum Gasteiger partial charge on any atom is -0.0628 e. The molecule has 0 fully saturated rings. The molecule has 0 nitrogen and oxygen atoms in total. The lowest BCUT2D eigenvalue weighted by atomic mass is 9.96. The molecule has 3 rings (SSSR count). The highest BCUT2D eigenvalue weighted by molar-refractivity contribution is 5.77. The first-order valence-electron chi connectivity index (χ1n) is 11.3. The zero-order valence-electron chi connectivity index (χ0n) is 18.0. The second-order valence-corrected chi connectivity index (χ2v) is 9.44. The van der Waals surface area contributed by atoms with Crippen molar-refractivity contribution in [1.29, 1.82) is 0 Å². The number of aryl methyl sites for hydroxylation is 2. The zero-order valence-corrected chi connectivity index (χ0v) is 18.0. The van der Waals surface area contributed by atoms with Crippen molar-refractivity contribution in [2.75, 3.05) is 0 Å². The van der Waals surface area contributed by atoms with E-state index in [1.54, 1.807) is 0 Å². The number of rotatable bonds is 10. The topological polar surface area (TPSA) is 0 Å². The maximum Gasteiger partial charge on any atom is -0.00134 e.